The van der Waals surface area contributed by atoms with Gasteiger partial charge in [0.15, 0.2) is 0 Å². The van der Waals surface area contributed by atoms with Crippen molar-refractivity contribution in [1.82, 2.24) is 15.3 Å². The Kier molecular flexibility index (Phi) is 6.16. The van der Waals surface area contributed by atoms with Crippen molar-refractivity contribution in [3.8, 4) is 0 Å². The predicted octanol–water partition coefficient (Wildman–Crippen LogP) is 1.06. The van der Waals surface area contributed by atoms with E-state index in [0.717, 1.165) is 25.9 Å². The first-order valence-corrected chi connectivity index (χ1v) is 8.48. The Balaban J connectivity index is 1.65. The smallest absolute Gasteiger partial charge is 0.334 e. The SMILES string of the molecule is CC(C)C1CCN(C(=O)NCCC(=O)ON2C(=O)CCC2=O)CC1. The zero-order valence-electron chi connectivity index (χ0n) is 14.2. The molecule has 8 nitrogen and oxygen atoms in total. The number of nitrogens with zero attached hydrogens (tertiary/aromatic N) is 2. The normalized spacial score (nSPS) is 19.1. The molecular weight excluding hydrogens is 314 g/mol. The highest BCUT2D eigenvalue weighted by molar-refractivity contribution is 6.01. The number of carbonyl (C=O) groups is 4. The summed E-state index contributed by atoms with van der Waals surface area (Å²) in [6.45, 7) is 5.94. The molecule has 0 aromatic carbocycles. The molecule has 0 aromatic rings. The van der Waals surface area contributed by atoms with Crippen molar-refractivity contribution in [2.24, 2.45) is 11.8 Å². The summed E-state index contributed by atoms with van der Waals surface area (Å²) in [5, 5.41) is 3.19. The molecule has 2 fully saturated rings. The Labute approximate surface area is 141 Å². The topological polar surface area (TPSA) is 96.0 Å². The molecule has 1 N–H and O–H groups in total. The summed E-state index contributed by atoms with van der Waals surface area (Å²) in [7, 11) is 0. The molecule has 2 aliphatic heterocycles. The molecule has 0 aromatic heterocycles. The molecule has 0 aliphatic carbocycles. The fourth-order valence-electron chi connectivity index (χ4n) is 2.96. The molecule has 8 heteroatoms. The van der Waals surface area contributed by atoms with Crippen LogP contribution < -0.4 is 5.32 Å². The highest BCUT2D eigenvalue weighted by atomic mass is 16.7. The minimum Gasteiger partial charge on any atom is -0.337 e. The molecule has 2 heterocycles. The number of piperidine rings is 1. The fraction of sp³-hybridized carbons (Fsp3) is 0.750. The fourth-order valence-corrected chi connectivity index (χ4v) is 2.96. The van der Waals surface area contributed by atoms with Gasteiger partial charge in [0.2, 0.25) is 0 Å². The van der Waals surface area contributed by atoms with Gasteiger partial charge in [-0.25, -0.2) is 9.59 Å². The summed E-state index contributed by atoms with van der Waals surface area (Å²) in [5.41, 5.74) is 0. The van der Waals surface area contributed by atoms with Crippen molar-refractivity contribution in [3.63, 3.8) is 0 Å². The van der Waals surface area contributed by atoms with E-state index in [2.05, 4.69) is 19.2 Å². The van der Waals surface area contributed by atoms with Crippen molar-refractivity contribution < 1.29 is 24.0 Å². The molecule has 0 atom stereocenters. The van der Waals surface area contributed by atoms with Crippen molar-refractivity contribution >= 4 is 23.8 Å². The van der Waals surface area contributed by atoms with E-state index < -0.39 is 17.8 Å². The van der Waals surface area contributed by atoms with Gasteiger partial charge in [-0.2, -0.15) is 0 Å². The number of hydroxylamine groups is 2. The molecule has 134 valence electrons. The number of nitrogens with one attached hydrogen (secondary N) is 1. The van der Waals surface area contributed by atoms with Crippen LogP contribution in [0.2, 0.25) is 0 Å². The van der Waals surface area contributed by atoms with Crippen LogP contribution in [0.1, 0.15) is 46.0 Å². The van der Waals surface area contributed by atoms with Crippen LogP contribution in [-0.2, 0) is 19.2 Å². The molecule has 0 unspecified atom stereocenters. The number of carbonyl (C=O) groups excluding carboxylic acids is 4. The lowest BCUT2D eigenvalue weighted by Gasteiger charge is -2.33. The van der Waals surface area contributed by atoms with E-state index in [1.165, 1.54) is 0 Å². The highest BCUT2D eigenvalue weighted by Crippen LogP contribution is 2.24. The van der Waals surface area contributed by atoms with Gasteiger partial charge < -0.3 is 15.1 Å². The zero-order valence-corrected chi connectivity index (χ0v) is 14.2. The van der Waals surface area contributed by atoms with Crippen LogP contribution >= 0.6 is 0 Å². The lowest BCUT2D eigenvalue weighted by Crippen LogP contribution is -2.45. The molecule has 4 amide bonds. The minimum atomic E-state index is -0.711. The second-order valence-corrected chi connectivity index (χ2v) is 6.60. The minimum absolute atomic E-state index is 0.0647. The van der Waals surface area contributed by atoms with Crippen LogP contribution in [-0.4, -0.2) is 53.4 Å². The van der Waals surface area contributed by atoms with Gasteiger partial charge in [-0.05, 0) is 24.7 Å². The molecule has 0 radical (unpaired) electrons. The zero-order chi connectivity index (χ0) is 17.7. The maximum absolute atomic E-state index is 12.0. The standard InChI is InChI=1S/C16H25N3O5/c1-11(2)12-6-9-18(10-7-12)16(23)17-8-5-15(22)24-19-13(20)3-4-14(19)21/h11-12H,3-10H2,1-2H3,(H,17,23). The Bertz CT molecular complexity index is 496. The quantitative estimate of drug-likeness (QED) is 0.756. The Morgan fingerprint density at radius 1 is 1.17 bits per heavy atom. The van der Waals surface area contributed by atoms with Crippen LogP contribution in [0.5, 0.6) is 0 Å². The van der Waals surface area contributed by atoms with E-state index in [1.54, 1.807) is 4.90 Å². The summed E-state index contributed by atoms with van der Waals surface area (Å²) in [6, 6.07) is -0.196. The summed E-state index contributed by atoms with van der Waals surface area (Å²) in [4.78, 5) is 52.8. The summed E-state index contributed by atoms with van der Waals surface area (Å²) in [5.74, 6) is -0.450. The van der Waals surface area contributed by atoms with Crippen LogP contribution in [0.4, 0.5) is 4.79 Å². The summed E-state index contributed by atoms with van der Waals surface area (Å²) >= 11 is 0. The summed E-state index contributed by atoms with van der Waals surface area (Å²) < 4.78 is 0. The number of hydrogen-bond donors (Lipinski definition) is 1. The van der Waals surface area contributed by atoms with E-state index in [-0.39, 0.29) is 31.8 Å². The number of amides is 4. The lowest BCUT2D eigenvalue weighted by atomic mass is 9.87. The maximum Gasteiger partial charge on any atom is 0.334 e. The number of hydrogen-bond acceptors (Lipinski definition) is 5. The monoisotopic (exact) mass is 339 g/mol. The molecule has 24 heavy (non-hydrogen) atoms. The van der Waals surface area contributed by atoms with Gasteiger partial charge in [-0.3, -0.25) is 9.59 Å². The van der Waals surface area contributed by atoms with Crippen molar-refractivity contribution in [2.75, 3.05) is 19.6 Å². The van der Waals surface area contributed by atoms with Gasteiger partial charge in [0, 0.05) is 32.5 Å². The molecule has 0 saturated carbocycles. The van der Waals surface area contributed by atoms with Gasteiger partial charge >= 0.3 is 12.0 Å². The van der Waals surface area contributed by atoms with E-state index in [9.17, 15) is 19.2 Å². The molecule has 2 aliphatic rings. The molecule has 0 bridgehead atoms. The van der Waals surface area contributed by atoms with Gasteiger partial charge in [-0.1, -0.05) is 13.8 Å². The van der Waals surface area contributed by atoms with Crippen LogP contribution in [0.25, 0.3) is 0 Å². The first kappa shape index (κ1) is 18.2. The number of rotatable bonds is 5. The lowest BCUT2D eigenvalue weighted by molar-refractivity contribution is -0.197. The first-order chi connectivity index (χ1) is 11.4. The van der Waals surface area contributed by atoms with Crippen LogP contribution in [0.15, 0.2) is 0 Å². The third kappa shape index (κ3) is 4.69. The van der Waals surface area contributed by atoms with Gasteiger partial charge in [-0.15, -0.1) is 5.06 Å². The molecule has 2 rings (SSSR count). The van der Waals surface area contributed by atoms with Crippen molar-refractivity contribution in [1.29, 1.82) is 0 Å². The van der Waals surface area contributed by atoms with Gasteiger partial charge in [0.05, 0.1) is 6.42 Å². The summed E-state index contributed by atoms with van der Waals surface area (Å²) in [6.07, 6.45) is 2.02. The average Bonchev–Trinajstić information content (AvgIpc) is 2.86. The third-order valence-electron chi connectivity index (χ3n) is 4.57. The Morgan fingerprint density at radius 2 is 1.75 bits per heavy atom. The Hall–Kier alpha value is -2.12. The molecule has 0 spiro atoms. The van der Waals surface area contributed by atoms with Crippen molar-refractivity contribution in [3.05, 3.63) is 0 Å². The number of likely N-dealkylation sites (tertiary alicyclic amines) is 1. The van der Waals surface area contributed by atoms with Gasteiger partial charge in [0.1, 0.15) is 0 Å². The first-order valence-electron chi connectivity index (χ1n) is 8.48. The molecule has 2 saturated heterocycles. The second kappa shape index (κ2) is 8.12. The van der Waals surface area contributed by atoms with E-state index in [0.29, 0.717) is 16.9 Å². The predicted molar refractivity (Wildman–Crippen MR) is 84.3 cm³/mol. The van der Waals surface area contributed by atoms with E-state index >= 15 is 0 Å². The number of urea groups is 1. The maximum atomic E-state index is 12.0. The largest absolute Gasteiger partial charge is 0.337 e. The molecular formula is C16H25N3O5. The van der Waals surface area contributed by atoms with Crippen molar-refractivity contribution in [2.45, 2.75) is 46.0 Å². The van der Waals surface area contributed by atoms with Crippen LogP contribution in [0.3, 0.4) is 0 Å². The number of imide groups is 1. The van der Waals surface area contributed by atoms with Crippen LogP contribution in [0, 0.1) is 11.8 Å². The Morgan fingerprint density at radius 3 is 2.29 bits per heavy atom. The van der Waals surface area contributed by atoms with E-state index in [1.807, 2.05) is 0 Å². The second-order valence-electron chi connectivity index (χ2n) is 6.60. The highest BCUT2D eigenvalue weighted by Gasteiger charge is 2.32. The average molecular weight is 339 g/mol. The third-order valence-corrected chi connectivity index (χ3v) is 4.57. The van der Waals surface area contributed by atoms with E-state index in [4.69, 9.17) is 4.84 Å². The van der Waals surface area contributed by atoms with Gasteiger partial charge in [0.25, 0.3) is 11.8 Å².